The zero-order chi connectivity index (χ0) is 13.5. The van der Waals surface area contributed by atoms with Gasteiger partial charge in [-0.25, -0.2) is 4.98 Å². The molecule has 1 aliphatic carbocycles. The lowest BCUT2D eigenvalue weighted by molar-refractivity contribution is 0.515. The SMILES string of the molecule is Cc1ccc(N(CCCN)C2CCCCCC2)nc1. The van der Waals surface area contributed by atoms with E-state index in [2.05, 4.69) is 28.9 Å². The Labute approximate surface area is 117 Å². The number of pyridine rings is 1. The molecule has 0 spiro atoms. The van der Waals surface area contributed by atoms with Gasteiger partial charge in [0.15, 0.2) is 0 Å². The van der Waals surface area contributed by atoms with Crippen molar-refractivity contribution in [1.82, 2.24) is 4.98 Å². The fourth-order valence-corrected chi connectivity index (χ4v) is 2.95. The highest BCUT2D eigenvalue weighted by Crippen LogP contribution is 2.25. The van der Waals surface area contributed by atoms with Gasteiger partial charge in [0, 0.05) is 18.8 Å². The second kappa shape index (κ2) is 7.49. The maximum absolute atomic E-state index is 5.69. The minimum atomic E-state index is 0.657. The highest BCUT2D eigenvalue weighted by Gasteiger charge is 2.20. The third kappa shape index (κ3) is 4.20. The molecule has 0 saturated heterocycles. The predicted molar refractivity (Wildman–Crippen MR) is 81.5 cm³/mol. The van der Waals surface area contributed by atoms with E-state index in [1.54, 1.807) is 0 Å². The minimum absolute atomic E-state index is 0.657. The molecule has 0 radical (unpaired) electrons. The molecule has 106 valence electrons. The van der Waals surface area contributed by atoms with E-state index in [0.29, 0.717) is 6.04 Å². The number of aromatic nitrogens is 1. The Morgan fingerprint density at radius 1 is 1.21 bits per heavy atom. The average molecular weight is 261 g/mol. The summed E-state index contributed by atoms with van der Waals surface area (Å²) in [5.74, 6) is 1.13. The van der Waals surface area contributed by atoms with Crippen LogP contribution in [0.5, 0.6) is 0 Å². The molecule has 3 nitrogen and oxygen atoms in total. The van der Waals surface area contributed by atoms with Gasteiger partial charge < -0.3 is 10.6 Å². The average Bonchev–Trinajstić information content (AvgIpc) is 2.70. The number of aryl methyl sites for hydroxylation is 1. The molecule has 1 fully saturated rings. The summed E-state index contributed by atoms with van der Waals surface area (Å²) in [5, 5.41) is 0. The van der Waals surface area contributed by atoms with Crippen LogP contribution in [0.1, 0.15) is 50.5 Å². The zero-order valence-corrected chi connectivity index (χ0v) is 12.1. The normalized spacial score (nSPS) is 17.2. The van der Waals surface area contributed by atoms with Crippen molar-refractivity contribution in [1.29, 1.82) is 0 Å². The largest absolute Gasteiger partial charge is 0.354 e. The summed E-state index contributed by atoms with van der Waals surface area (Å²) in [5.41, 5.74) is 6.92. The monoisotopic (exact) mass is 261 g/mol. The van der Waals surface area contributed by atoms with Crippen LogP contribution in [0.4, 0.5) is 5.82 Å². The molecule has 1 saturated carbocycles. The van der Waals surface area contributed by atoms with E-state index >= 15 is 0 Å². The lowest BCUT2D eigenvalue weighted by atomic mass is 10.1. The molecule has 1 aliphatic rings. The summed E-state index contributed by atoms with van der Waals surface area (Å²) in [6, 6.07) is 4.98. The first kappa shape index (κ1) is 14.3. The van der Waals surface area contributed by atoms with Crippen molar-refractivity contribution in [2.75, 3.05) is 18.0 Å². The van der Waals surface area contributed by atoms with Gasteiger partial charge in [-0.15, -0.1) is 0 Å². The Kier molecular flexibility index (Phi) is 5.64. The number of nitrogens with zero attached hydrogens (tertiary/aromatic N) is 2. The lowest BCUT2D eigenvalue weighted by Gasteiger charge is -2.32. The Morgan fingerprint density at radius 3 is 2.53 bits per heavy atom. The molecule has 0 aromatic carbocycles. The molecule has 1 aromatic rings. The van der Waals surface area contributed by atoms with Crippen LogP contribution in [0.15, 0.2) is 18.3 Å². The number of anilines is 1. The third-order valence-electron chi connectivity index (χ3n) is 4.06. The molecule has 0 amide bonds. The highest BCUT2D eigenvalue weighted by atomic mass is 15.2. The summed E-state index contributed by atoms with van der Waals surface area (Å²) in [6.45, 7) is 3.89. The van der Waals surface area contributed by atoms with Crippen LogP contribution in [0.3, 0.4) is 0 Å². The summed E-state index contributed by atoms with van der Waals surface area (Å²) < 4.78 is 0. The molecular formula is C16H27N3. The second-order valence-corrected chi connectivity index (χ2v) is 5.67. The number of rotatable bonds is 5. The molecule has 1 aromatic heterocycles. The first-order valence-corrected chi connectivity index (χ1v) is 7.70. The van der Waals surface area contributed by atoms with Crippen LogP contribution in [0.25, 0.3) is 0 Å². The molecule has 0 bridgehead atoms. The predicted octanol–water partition coefficient (Wildman–Crippen LogP) is 3.27. The minimum Gasteiger partial charge on any atom is -0.354 e. The molecule has 2 N–H and O–H groups in total. The van der Waals surface area contributed by atoms with Crippen molar-refractivity contribution < 1.29 is 0 Å². The Bertz CT molecular complexity index is 353. The van der Waals surface area contributed by atoms with Crippen molar-refractivity contribution in [2.45, 2.75) is 57.9 Å². The van der Waals surface area contributed by atoms with E-state index in [-0.39, 0.29) is 0 Å². The third-order valence-corrected chi connectivity index (χ3v) is 4.06. The zero-order valence-electron chi connectivity index (χ0n) is 12.1. The Balaban J connectivity index is 2.11. The van der Waals surface area contributed by atoms with Gasteiger partial charge in [0.25, 0.3) is 0 Å². The van der Waals surface area contributed by atoms with Crippen molar-refractivity contribution in [3.05, 3.63) is 23.9 Å². The van der Waals surface area contributed by atoms with Crippen molar-refractivity contribution in [2.24, 2.45) is 5.73 Å². The molecule has 0 unspecified atom stereocenters. The van der Waals surface area contributed by atoms with E-state index in [0.717, 1.165) is 25.3 Å². The Hall–Kier alpha value is -1.09. The van der Waals surface area contributed by atoms with Crippen molar-refractivity contribution in [3.63, 3.8) is 0 Å². The van der Waals surface area contributed by atoms with Crippen LogP contribution in [-0.2, 0) is 0 Å². The van der Waals surface area contributed by atoms with Gasteiger partial charge in [-0.3, -0.25) is 0 Å². The summed E-state index contributed by atoms with van der Waals surface area (Å²) >= 11 is 0. The fraction of sp³-hybridized carbons (Fsp3) is 0.688. The molecule has 0 atom stereocenters. The first-order chi connectivity index (χ1) is 9.31. The van der Waals surface area contributed by atoms with Gasteiger partial charge in [-0.05, 0) is 44.4 Å². The van der Waals surface area contributed by atoms with Gasteiger partial charge in [0.1, 0.15) is 5.82 Å². The molecular weight excluding hydrogens is 234 g/mol. The standard InChI is InChI=1S/C16H27N3/c1-14-9-10-16(18-13-14)19(12-6-11-17)15-7-4-2-3-5-8-15/h9-10,13,15H,2-8,11-12,17H2,1H3. The number of hydrogen-bond donors (Lipinski definition) is 1. The van der Waals surface area contributed by atoms with Crippen LogP contribution >= 0.6 is 0 Å². The van der Waals surface area contributed by atoms with Crippen LogP contribution in [-0.4, -0.2) is 24.1 Å². The van der Waals surface area contributed by atoms with Crippen LogP contribution in [0, 0.1) is 6.92 Å². The first-order valence-electron chi connectivity index (χ1n) is 7.70. The van der Waals surface area contributed by atoms with Crippen LogP contribution in [0.2, 0.25) is 0 Å². The highest BCUT2D eigenvalue weighted by molar-refractivity contribution is 5.40. The molecule has 3 heteroatoms. The van der Waals surface area contributed by atoms with Crippen molar-refractivity contribution >= 4 is 5.82 Å². The quantitative estimate of drug-likeness (QED) is 0.827. The smallest absolute Gasteiger partial charge is 0.128 e. The second-order valence-electron chi connectivity index (χ2n) is 5.67. The van der Waals surface area contributed by atoms with E-state index in [4.69, 9.17) is 5.73 Å². The van der Waals surface area contributed by atoms with Gasteiger partial charge in [0.2, 0.25) is 0 Å². The number of nitrogens with two attached hydrogens (primary N) is 1. The molecule has 2 rings (SSSR count). The van der Waals surface area contributed by atoms with E-state index in [1.165, 1.54) is 44.1 Å². The molecule has 0 aliphatic heterocycles. The topological polar surface area (TPSA) is 42.1 Å². The van der Waals surface area contributed by atoms with Gasteiger partial charge in [-0.2, -0.15) is 0 Å². The maximum atomic E-state index is 5.69. The summed E-state index contributed by atoms with van der Waals surface area (Å²) in [6.07, 6.45) is 11.1. The molecule has 19 heavy (non-hydrogen) atoms. The van der Waals surface area contributed by atoms with Gasteiger partial charge in [0.05, 0.1) is 0 Å². The summed E-state index contributed by atoms with van der Waals surface area (Å²) in [4.78, 5) is 7.12. The fourth-order valence-electron chi connectivity index (χ4n) is 2.95. The Morgan fingerprint density at radius 2 is 1.95 bits per heavy atom. The van der Waals surface area contributed by atoms with E-state index in [9.17, 15) is 0 Å². The lowest BCUT2D eigenvalue weighted by Crippen LogP contribution is -2.37. The van der Waals surface area contributed by atoms with Crippen LogP contribution < -0.4 is 10.6 Å². The number of hydrogen-bond acceptors (Lipinski definition) is 3. The van der Waals surface area contributed by atoms with Crippen molar-refractivity contribution in [3.8, 4) is 0 Å². The van der Waals surface area contributed by atoms with E-state index < -0.39 is 0 Å². The maximum Gasteiger partial charge on any atom is 0.128 e. The molecule has 1 heterocycles. The van der Waals surface area contributed by atoms with E-state index in [1.807, 2.05) is 6.20 Å². The summed E-state index contributed by atoms with van der Waals surface area (Å²) in [7, 11) is 0. The van der Waals surface area contributed by atoms with Gasteiger partial charge in [-0.1, -0.05) is 31.7 Å². The van der Waals surface area contributed by atoms with Gasteiger partial charge >= 0.3 is 0 Å².